The van der Waals surface area contributed by atoms with Crippen LogP contribution in [0.25, 0.3) is 10.9 Å². The lowest BCUT2D eigenvalue weighted by atomic mass is 9.90. The van der Waals surface area contributed by atoms with E-state index in [0.717, 1.165) is 12.8 Å². The maximum absolute atomic E-state index is 13.4. The van der Waals surface area contributed by atoms with Crippen molar-refractivity contribution in [1.29, 1.82) is 0 Å². The molecule has 0 N–H and O–H groups in total. The van der Waals surface area contributed by atoms with Crippen molar-refractivity contribution in [2.45, 2.75) is 54.7 Å². The lowest BCUT2D eigenvalue weighted by Crippen LogP contribution is -2.27. The summed E-state index contributed by atoms with van der Waals surface area (Å²) in [7, 11) is -3.44. The molecule has 2 aliphatic rings. The Kier molecular flexibility index (Phi) is 5.73. The van der Waals surface area contributed by atoms with Crippen LogP contribution in [-0.2, 0) is 25.8 Å². The zero-order chi connectivity index (χ0) is 22.1. The Labute approximate surface area is 186 Å². The van der Waals surface area contributed by atoms with Crippen LogP contribution in [0.2, 0.25) is 0 Å². The van der Waals surface area contributed by atoms with Crippen molar-refractivity contribution in [1.82, 2.24) is 24.7 Å². The Morgan fingerprint density at radius 2 is 1.88 bits per heavy atom. The number of nitrogens with zero attached hydrogens (tertiary/aromatic N) is 5. The molecule has 0 aromatic carbocycles. The van der Waals surface area contributed by atoms with Gasteiger partial charge < -0.3 is 4.74 Å². The number of Topliss-reactive ketones (excluding diaryl/α,β-unsaturated/α-hetero) is 1. The summed E-state index contributed by atoms with van der Waals surface area (Å²) in [6.45, 7) is 1.36. The van der Waals surface area contributed by atoms with Gasteiger partial charge in [-0.15, -0.1) is 0 Å². The first-order valence-electron chi connectivity index (χ1n) is 10.9. The lowest BCUT2D eigenvalue weighted by molar-refractivity contribution is -0.122. The molecule has 10 heteroatoms. The normalized spacial score (nSPS) is 18.6. The van der Waals surface area contributed by atoms with Crippen LogP contribution < -0.4 is 0 Å². The number of hydrogen-bond donors (Lipinski definition) is 0. The van der Waals surface area contributed by atoms with E-state index in [9.17, 15) is 13.2 Å². The number of sulfone groups is 1. The molecule has 5 rings (SSSR count). The highest BCUT2D eigenvalue weighted by molar-refractivity contribution is 7.92. The molecule has 0 spiro atoms. The fourth-order valence-corrected chi connectivity index (χ4v) is 6.14. The van der Waals surface area contributed by atoms with Gasteiger partial charge in [-0.2, -0.15) is 5.10 Å². The highest BCUT2D eigenvalue weighted by Gasteiger charge is 2.38. The van der Waals surface area contributed by atoms with Gasteiger partial charge in [-0.25, -0.2) is 8.42 Å². The van der Waals surface area contributed by atoms with E-state index in [-0.39, 0.29) is 22.3 Å². The molecule has 2 fully saturated rings. The molecular weight excluding hydrogens is 430 g/mol. The van der Waals surface area contributed by atoms with Crippen molar-refractivity contribution >= 4 is 26.5 Å². The summed E-state index contributed by atoms with van der Waals surface area (Å²) in [5.74, 6) is 0.294. The molecule has 1 aliphatic carbocycles. The summed E-state index contributed by atoms with van der Waals surface area (Å²) >= 11 is 0. The van der Waals surface area contributed by atoms with E-state index in [1.807, 2.05) is 0 Å². The molecule has 1 aliphatic heterocycles. The largest absolute Gasteiger partial charge is 0.381 e. The van der Waals surface area contributed by atoms with Gasteiger partial charge in [0.05, 0.1) is 40.2 Å². The standard InChI is InChI=1S/C22H25N5O4S/c28-21(10-16-11-23-5-6-25-16)19(9-15-3-7-31-8-4-15)27-20-13-24-14-22(18(20)12-26-27)32(29,30)17-1-2-17/h5-6,11-15,17,19H,1-4,7-10H2/t19-/m0/s1. The molecule has 1 saturated heterocycles. The van der Waals surface area contributed by atoms with Crippen molar-refractivity contribution in [3.8, 4) is 0 Å². The summed E-state index contributed by atoms with van der Waals surface area (Å²) in [4.78, 5) is 26.1. The number of pyridine rings is 1. The van der Waals surface area contributed by atoms with Crippen LogP contribution in [0.5, 0.6) is 0 Å². The third kappa shape index (κ3) is 4.16. The van der Waals surface area contributed by atoms with Crippen molar-refractivity contribution in [2.75, 3.05) is 13.2 Å². The number of ether oxygens (including phenoxy) is 1. The van der Waals surface area contributed by atoms with Gasteiger partial charge in [-0.05, 0) is 38.0 Å². The Bertz CT molecular complexity index is 1220. The zero-order valence-corrected chi connectivity index (χ0v) is 18.4. The maximum atomic E-state index is 13.4. The fourth-order valence-electron chi connectivity index (χ4n) is 4.35. The highest BCUT2D eigenvalue weighted by atomic mass is 32.2. The molecule has 1 atom stereocenters. The van der Waals surface area contributed by atoms with Gasteiger partial charge >= 0.3 is 0 Å². The van der Waals surface area contributed by atoms with Crippen molar-refractivity contribution in [2.24, 2.45) is 5.92 Å². The Balaban J connectivity index is 1.52. The van der Waals surface area contributed by atoms with Crippen molar-refractivity contribution < 1.29 is 17.9 Å². The molecule has 32 heavy (non-hydrogen) atoms. The van der Waals surface area contributed by atoms with Gasteiger partial charge in [-0.1, -0.05) is 0 Å². The lowest BCUT2D eigenvalue weighted by Gasteiger charge is -2.26. The smallest absolute Gasteiger partial charge is 0.183 e. The second-order valence-corrected chi connectivity index (χ2v) is 10.7. The number of carbonyl (C=O) groups excluding carboxylic acids is 1. The number of rotatable bonds is 8. The average Bonchev–Trinajstić information content (AvgIpc) is 3.59. The third-order valence-electron chi connectivity index (χ3n) is 6.29. The molecule has 0 bridgehead atoms. The molecule has 0 unspecified atom stereocenters. The minimum absolute atomic E-state index is 0.0301. The summed E-state index contributed by atoms with van der Waals surface area (Å²) in [6.07, 6.45) is 13.1. The molecule has 3 aromatic heterocycles. The summed E-state index contributed by atoms with van der Waals surface area (Å²) in [6, 6.07) is -0.543. The molecule has 4 heterocycles. The Morgan fingerprint density at radius 1 is 1.06 bits per heavy atom. The summed E-state index contributed by atoms with van der Waals surface area (Å²) in [5, 5.41) is 4.69. The van der Waals surface area contributed by atoms with Crippen molar-refractivity contribution in [3.63, 3.8) is 0 Å². The van der Waals surface area contributed by atoms with Gasteiger partial charge in [0, 0.05) is 43.4 Å². The van der Waals surface area contributed by atoms with Crippen LogP contribution in [0.3, 0.4) is 0 Å². The summed E-state index contributed by atoms with van der Waals surface area (Å²) < 4.78 is 32.9. The van der Waals surface area contributed by atoms with Crippen LogP contribution in [0, 0.1) is 5.92 Å². The van der Waals surface area contributed by atoms with Crippen LogP contribution in [0.1, 0.15) is 43.8 Å². The first kappa shape index (κ1) is 21.1. The van der Waals surface area contributed by atoms with Gasteiger partial charge in [0.1, 0.15) is 6.04 Å². The van der Waals surface area contributed by atoms with E-state index in [0.29, 0.717) is 55.0 Å². The number of fused-ring (bicyclic) bond motifs is 1. The fraction of sp³-hybridized carbons (Fsp3) is 0.500. The molecule has 168 valence electrons. The van der Waals surface area contributed by atoms with Crippen molar-refractivity contribution in [3.05, 3.63) is 42.9 Å². The predicted molar refractivity (Wildman–Crippen MR) is 116 cm³/mol. The van der Waals surface area contributed by atoms with Gasteiger partial charge in [0.25, 0.3) is 0 Å². The van der Waals surface area contributed by atoms with E-state index in [1.54, 1.807) is 35.7 Å². The third-order valence-corrected chi connectivity index (χ3v) is 8.58. The van der Waals surface area contributed by atoms with Gasteiger partial charge in [0.2, 0.25) is 0 Å². The van der Waals surface area contributed by atoms with E-state index in [4.69, 9.17) is 4.74 Å². The van der Waals surface area contributed by atoms with Crippen LogP contribution in [0.15, 0.2) is 42.1 Å². The van der Waals surface area contributed by atoms with Gasteiger partial charge in [-0.3, -0.25) is 24.4 Å². The van der Waals surface area contributed by atoms with Gasteiger partial charge in [0.15, 0.2) is 15.6 Å². The quantitative estimate of drug-likeness (QED) is 0.508. The second kappa shape index (κ2) is 8.67. The van der Waals surface area contributed by atoms with E-state index < -0.39 is 15.9 Å². The molecule has 0 radical (unpaired) electrons. The predicted octanol–water partition coefficient (Wildman–Crippen LogP) is 2.33. The molecule has 1 saturated carbocycles. The van der Waals surface area contributed by atoms with Crippen LogP contribution >= 0.6 is 0 Å². The number of aromatic nitrogens is 5. The number of ketones is 1. The van der Waals surface area contributed by atoms with E-state index in [1.165, 1.54) is 6.20 Å². The molecular formula is C22H25N5O4S. The first-order valence-corrected chi connectivity index (χ1v) is 12.5. The number of carbonyl (C=O) groups is 1. The second-order valence-electron chi connectivity index (χ2n) is 8.55. The number of hydrogen-bond acceptors (Lipinski definition) is 8. The molecule has 3 aromatic rings. The van der Waals surface area contributed by atoms with Crippen LogP contribution in [-0.4, -0.2) is 57.4 Å². The van der Waals surface area contributed by atoms with E-state index in [2.05, 4.69) is 20.1 Å². The minimum atomic E-state index is -3.44. The SMILES string of the molecule is O=C(Cc1cnccn1)[C@H](CC1CCOCC1)n1ncc2c(S(=O)(=O)C3CC3)cncc21. The molecule has 0 amide bonds. The Morgan fingerprint density at radius 3 is 2.59 bits per heavy atom. The van der Waals surface area contributed by atoms with Crippen LogP contribution in [0.4, 0.5) is 0 Å². The minimum Gasteiger partial charge on any atom is -0.381 e. The zero-order valence-electron chi connectivity index (χ0n) is 17.6. The first-order chi connectivity index (χ1) is 15.5. The summed E-state index contributed by atoms with van der Waals surface area (Å²) in [5.41, 5.74) is 1.16. The average molecular weight is 456 g/mol. The topological polar surface area (TPSA) is 117 Å². The highest BCUT2D eigenvalue weighted by Crippen LogP contribution is 2.37. The molecule has 9 nitrogen and oxygen atoms in total. The monoisotopic (exact) mass is 455 g/mol. The maximum Gasteiger partial charge on any atom is 0.183 e. The Hall–Kier alpha value is -2.72. The van der Waals surface area contributed by atoms with E-state index >= 15 is 0 Å².